The van der Waals surface area contributed by atoms with Gasteiger partial charge < -0.3 is 11.5 Å². The summed E-state index contributed by atoms with van der Waals surface area (Å²) in [6, 6.07) is 17.6. The molecule has 0 fully saturated rings. The van der Waals surface area contributed by atoms with Crippen LogP contribution < -0.4 is 11.5 Å². The molecule has 33 heavy (non-hydrogen) atoms. The first-order valence-electron chi connectivity index (χ1n) is 11.5. The summed E-state index contributed by atoms with van der Waals surface area (Å²) in [4.78, 5) is 9.84. The number of hydrogen-bond acceptors (Lipinski definition) is 4. The second-order valence-electron chi connectivity index (χ2n) is 9.31. The molecule has 1 aliphatic rings. The topological polar surface area (TPSA) is 77.8 Å². The van der Waals surface area contributed by atoms with Crippen LogP contribution in [0.25, 0.3) is 0 Å². The van der Waals surface area contributed by atoms with Crippen molar-refractivity contribution in [1.29, 1.82) is 0 Å². The van der Waals surface area contributed by atoms with Crippen LogP contribution >= 0.6 is 0 Å². The first kappa shape index (κ1) is 21.2. The zero-order chi connectivity index (χ0) is 23.3. The fraction of sp³-hybridized carbons (Fsp3) is 0.241. The molecule has 1 aliphatic carbocycles. The van der Waals surface area contributed by atoms with Crippen molar-refractivity contribution in [2.75, 3.05) is 11.5 Å². The number of nitrogens with two attached hydrogens (primary N) is 2. The van der Waals surface area contributed by atoms with Crippen molar-refractivity contribution < 1.29 is 0 Å². The van der Waals surface area contributed by atoms with Crippen LogP contribution in [0.1, 0.15) is 55.9 Å². The Hall–Kier alpha value is -3.66. The molecule has 4 nitrogen and oxygen atoms in total. The van der Waals surface area contributed by atoms with E-state index in [9.17, 15) is 0 Å². The van der Waals surface area contributed by atoms with Crippen molar-refractivity contribution in [1.82, 2.24) is 9.97 Å². The molecule has 0 bridgehead atoms. The van der Waals surface area contributed by atoms with Crippen molar-refractivity contribution in [2.45, 2.75) is 46.0 Å². The van der Waals surface area contributed by atoms with E-state index in [0.717, 1.165) is 69.0 Å². The Balaban J connectivity index is 2.03. The first-order valence-corrected chi connectivity index (χ1v) is 11.5. The standard InChI is InChI=1S/C29H30N4/c1-17-13-22(14-18(2)26(17)30)29(23-15-19(3)27(31)20(4)16-23)24-8-6-5-7-21(24)9-10-25-28(29)33-12-11-32-25/h5-8,11-16H,9-10,30-31H2,1-4H3. The SMILES string of the molecule is Cc1cc(C2(c3cc(C)c(N)c(C)c3)c3ccccc3CCc3nccnc32)cc(C)c1N. The number of aryl methyl sites for hydroxylation is 6. The molecule has 0 saturated carbocycles. The molecule has 5 rings (SSSR count). The molecule has 1 heterocycles. The van der Waals surface area contributed by atoms with Crippen LogP contribution in [0.5, 0.6) is 0 Å². The van der Waals surface area contributed by atoms with Crippen molar-refractivity contribution in [3.63, 3.8) is 0 Å². The zero-order valence-corrected chi connectivity index (χ0v) is 19.7. The fourth-order valence-corrected chi connectivity index (χ4v) is 5.48. The molecule has 1 aromatic heterocycles. The van der Waals surface area contributed by atoms with E-state index in [0.29, 0.717) is 0 Å². The van der Waals surface area contributed by atoms with Gasteiger partial charge in [-0.3, -0.25) is 9.97 Å². The Bertz CT molecular complexity index is 1230. The number of anilines is 2. The smallest absolute Gasteiger partial charge is 0.0895 e. The lowest BCUT2D eigenvalue weighted by atomic mass is 9.65. The highest BCUT2D eigenvalue weighted by Gasteiger charge is 2.45. The summed E-state index contributed by atoms with van der Waals surface area (Å²) >= 11 is 0. The van der Waals surface area contributed by atoms with Gasteiger partial charge in [-0.05, 0) is 85.0 Å². The summed E-state index contributed by atoms with van der Waals surface area (Å²) in [6.45, 7) is 8.33. The second kappa shape index (κ2) is 7.73. The van der Waals surface area contributed by atoms with Gasteiger partial charge in [-0.1, -0.05) is 48.5 Å². The maximum absolute atomic E-state index is 6.41. The third-order valence-corrected chi connectivity index (χ3v) is 7.24. The van der Waals surface area contributed by atoms with E-state index in [1.165, 1.54) is 11.1 Å². The molecule has 4 aromatic rings. The predicted octanol–water partition coefficient (Wildman–Crippen LogP) is 5.36. The Morgan fingerprint density at radius 1 is 0.697 bits per heavy atom. The van der Waals surface area contributed by atoms with E-state index >= 15 is 0 Å². The molecule has 0 aliphatic heterocycles. The average molecular weight is 435 g/mol. The summed E-state index contributed by atoms with van der Waals surface area (Å²) in [6.07, 6.45) is 5.39. The largest absolute Gasteiger partial charge is 0.398 e. The third-order valence-electron chi connectivity index (χ3n) is 7.24. The average Bonchev–Trinajstić information content (AvgIpc) is 2.96. The number of nitrogens with zero attached hydrogens (tertiary/aromatic N) is 2. The molecule has 0 saturated heterocycles. The van der Waals surface area contributed by atoms with Gasteiger partial charge in [0.05, 0.1) is 16.8 Å². The van der Waals surface area contributed by atoms with Crippen molar-refractivity contribution in [3.8, 4) is 0 Å². The first-order chi connectivity index (χ1) is 15.8. The van der Waals surface area contributed by atoms with Crippen LogP contribution in [0.4, 0.5) is 11.4 Å². The lowest BCUT2D eigenvalue weighted by Crippen LogP contribution is -2.34. The van der Waals surface area contributed by atoms with E-state index < -0.39 is 5.41 Å². The maximum atomic E-state index is 6.41. The number of nitrogen functional groups attached to an aromatic ring is 2. The van der Waals surface area contributed by atoms with Crippen molar-refractivity contribution in [2.24, 2.45) is 0 Å². The summed E-state index contributed by atoms with van der Waals surface area (Å²) in [5.74, 6) is 0. The van der Waals surface area contributed by atoms with E-state index in [-0.39, 0.29) is 0 Å². The van der Waals surface area contributed by atoms with E-state index in [4.69, 9.17) is 21.4 Å². The van der Waals surface area contributed by atoms with Crippen LogP contribution in [0, 0.1) is 27.7 Å². The van der Waals surface area contributed by atoms with E-state index in [2.05, 4.69) is 76.2 Å². The Morgan fingerprint density at radius 3 is 1.79 bits per heavy atom. The van der Waals surface area contributed by atoms with Crippen LogP contribution in [-0.4, -0.2) is 9.97 Å². The Kier molecular flexibility index (Phi) is 4.97. The normalized spacial score (nSPS) is 14.3. The van der Waals surface area contributed by atoms with Gasteiger partial charge in [0.1, 0.15) is 0 Å². The summed E-state index contributed by atoms with van der Waals surface area (Å²) in [7, 11) is 0. The summed E-state index contributed by atoms with van der Waals surface area (Å²) < 4.78 is 0. The molecule has 0 spiro atoms. The lowest BCUT2D eigenvalue weighted by Gasteiger charge is -2.37. The molecular weight excluding hydrogens is 404 g/mol. The number of benzene rings is 3. The second-order valence-corrected chi connectivity index (χ2v) is 9.31. The van der Waals surface area contributed by atoms with Gasteiger partial charge in [-0.2, -0.15) is 0 Å². The fourth-order valence-electron chi connectivity index (χ4n) is 5.48. The molecule has 0 unspecified atom stereocenters. The van der Waals surface area contributed by atoms with Gasteiger partial charge in [0.25, 0.3) is 0 Å². The summed E-state index contributed by atoms with van der Waals surface area (Å²) in [5.41, 5.74) is 25.0. The molecule has 4 heteroatoms. The maximum Gasteiger partial charge on any atom is 0.0895 e. The molecular formula is C29H30N4. The van der Waals surface area contributed by atoms with Gasteiger partial charge in [0, 0.05) is 23.8 Å². The van der Waals surface area contributed by atoms with E-state index in [1.807, 2.05) is 6.20 Å². The van der Waals surface area contributed by atoms with Crippen molar-refractivity contribution >= 4 is 11.4 Å². The third kappa shape index (κ3) is 3.12. The number of hydrogen-bond donors (Lipinski definition) is 2. The molecule has 0 atom stereocenters. The van der Waals surface area contributed by atoms with Crippen LogP contribution in [-0.2, 0) is 18.3 Å². The monoisotopic (exact) mass is 434 g/mol. The predicted molar refractivity (Wildman–Crippen MR) is 136 cm³/mol. The Morgan fingerprint density at radius 2 is 1.21 bits per heavy atom. The van der Waals surface area contributed by atoms with Gasteiger partial charge in [-0.15, -0.1) is 0 Å². The highest BCUT2D eigenvalue weighted by Crippen LogP contribution is 2.49. The number of fused-ring (bicyclic) bond motifs is 2. The Labute approximate surface area is 195 Å². The van der Waals surface area contributed by atoms with Crippen LogP contribution in [0.2, 0.25) is 0 Å². The highest BCUT2D eigenvalue weighted by molar-refractivity contribution is 5.68. The number of rotatable bonds is 2. The minimum absolute atomic E-state index is 0.622. The molecule has 0 radical (unpaired) electrons. The van der Waals surface area contributed by atoms with Crippen molar-refractivity contribution in [3.05, 3.63) is 117 Å². The lowest BCUT2D eigenvalue weighted by molar-refractivity contribution is 0.696. The van der Waals surface area contributed by atoms with Gasteiger partial charge in [-0.25, -0.2) is 0 Å². The number of aromatic nitrogens is 2. The summed E-state index contributed by atoms with van der Waals surface area (Å²) in [5, 5.41) is 0. The molecule has 4 N–H and O–H groups in total. The molecule has 166 valence electrons. The molecule has 3 aromatic carbocycles. The van der Waals surface area contributed by atoms with Gasteiger partial charge in [0.15, 0.2) is 0 Å². The quantitative estimate of drug-likeness (QED) is 0.417. The van der Waals surface area contributed by atoms with Crippen LogP contribution in [0.3, 0.4) is 0 Å². The van der Waals surface area contributed by atoms with Crippen LogP contribution in [0.15, 0.2) is 60.9 Å². The molecule has 0 amide bonds. The van der Waals surface area contributed by atoms with Gasteiger partial charge >= 0.3 is 0 Å². The van der Waals surface area contributed by atoms with Gasteiger partial charge in [0.2, 0.25) is 0 Å². The van der Waals surface area contributed by atoms with E-state index in [1.54, 1.807) is 6.20 Å². The minimum atomic E-state index is -0.622. The highest BCUT2D eigenvalue weighted by atomic mass is 14.8. The minimum Gasteiger partial charge on any atom is -0.398 e. The zero-order valence-electron chi connectivity index (χ0n) is 19.7.